The minimum atomic E-state index is -0.179. The Kier molecular flexibility index (Phi) is 6.57. The van der Waals surface area contributed by atoms with E-state index in [2.05, 4.69) is 35.1 Å². The zero-order valence-corrected chi connectivity index (χ0v) is 21.1. The molecule has 0 spiro atoms. The van der Waals surface area contributed by atoms with Crippen LogP contribution in [0.15, 0.2) is 41.2 Å². The number of methoxy groups -OCH3 is 1. The number of aryl methyl sites for hydroxylation is 1. The number of pyridine rings is 1. The Morgan fingerprint density at radius 3 is 2.86 bits per heavy atom. The van der Waals surface area contributed by atoms with Crippen molar-refractivity contribution in [3.63, 3.8) is 0 Å². The Balaban J connectivity index is 1.28. The van der Waals surface area contributed by atoms with Crippen molar-refractivity contribution in [2.24, 2.45) is 17.3 Å². The topological polar surface area (TPSA) is 81.4 Å². The molecule has 0 saturated heterocycles. The van der Waals surface area contributed by atoms with Crippen LogP contribution in [0.4, 0.5) is 0 Å². The van der Waals surface area contributed by atoms with Crippen LogP contribution in [0, 0.1) is 17.3 Å². The van der Waals surface area contributed by atoms with Crippen molar-refractivity contribution in [3.05, 3.63) is 58.0 Å². The largest absolute Gasteiger partial charge is 0.496 e. The molecule has 1 amide bonds. The Bertz CT molecular complexity index is 1160. The molecule has 35 heavy (non-hydrogen) atoms. The van der Waals surface area contributed by atoms with Gasteiger partial charge in [0.1, 0.15) is 11.3 Å². The number of hydrogen-bond donors (Lipinski definition) is 1. The number of fused-ring (bicyclic) bond motifs is 2. The van der Waals surface area contributed by atoms with Crippen LogP contribution < -0.4 is 15.6 Å². The van der Waals surface area contributed by atoms with Gasteiger partial charge in [-0.15, -0.1) is 0 Å². The first-order valence-corrected chi connectivity index (χ1v) is 12.8. The maximum absolute atomic E-state index is 13.3. The SMILES string of the molecule is COc1cc(=O)n2c(c1C(=O)NCCCn1ccnc1)CCN(CC1=CC[C@H]3C[C@@H]1C3(C)C)CC2. The summed E-state index contributed by atoms with van der Waals surface area (Å²) in [5, 5.41) is 3.03. The van der Waals surface area contributed by atoms with E-state index in [1.54, 1.807) is 22.7 Å². The van der Waals surface area contributed by atoms with Gasteiger partial charge >= 0.3 is 0 Å². The summed E-state index contributed by atoms with van der Waals surface area (Å²) in [7, 11) is 1.52. The van der Waals surface area contributed by atoms with Crippen LogP contribution in [0.5, 0.6) is 5.75 Å². The number of nitrogens with zero attached hydrogens (tertiary/aromatic N) is 4. The zero-order valence-electron chi connectivity index (χ0n) is 21.1. The van der Waals surface area contributed by atoms with Crippen LogP contribution in [-0.4, -0.2) is 58.2 Å². The van der Waals surface area contributed by atoms with Gasteiger partial charge in [0.15, 0.2) is 0 Å². The third-order valence-corrected chi connectivity index (χ3v) is 8.56. The molecule has 6 rings (SSSR count). The predicted molar refractivity (Wildman–Crippen MR) is 135 cm³/mol. The summed E-state index contributed by atoms with van der Waals surface area (Å²) in [5.41, 5.74) is 3.15. The molecule has 0 aromatic carbocycles. The van der Waals surface area contributed by atoms with Crippen molar-refractivity contribution < 1.29 is 9.53 Å². The lowest BCUT2D eigenvalue weighted by Gasteiger charge is -2.57. The molecule has 1 N–H and O–H groups in total. The fourth-order valence-electron chi connectivity index (χ4n) is 6.24. The number of carbonyl (C=O) groups is 1. The molecule has 1 saturated carbocycles. The van der Waals surface area contributed by atoms with Gasteiger partial charge < -0.3 is 19.2 Å². The van der Waals surface area contributed by atoms with Crippen molar-refractivity contribution in [2.75, 3.05) is 33.3 Å². The Morgan fingerprint density at radius 2 is 2.14 bits per heavy atom. The van der Waals surface area contributed by atoms with Crippen molar-refractivity contribution >= 4 is 5.91 Å². The van der Waals surface area contributed by atoms with E-state index in [1.807, 2.05) is 10.8 Å². The van der Waals surface area contributed by atoms with Gasteiger partial charge in [0.05, 0.1) is 13.4 Å². The zero-order chi connectivity index (χ0) is 24.6. The van der Waals surface area contributed by atoms with Crippen molar-refractivity contribution in [1.29, 1.82) is 0 Å². The monoisotopic (exact) mass is 479 g/mol. The molecule has 188 valence electrons. The van der Waals surface area contributed by atoms with Crippen LogP contribution >= 0.6 is 0 Å². The van der Waals surface area contributed by atoms with Crippen LogP contribution in [0.1, 0.15) is 49.2 Å². The van der Waals surface area contributed by atoms with Crippen LogP contribution in [-0.2, 0) is 19.5 Å². The van der Waals surface area contributed by atoms with E-state index in [9.17, 15) is 9.59 Å². The predicted octanol–water partition coefficient (Wildman–Crippen LogP) is 2.72. The highest BCUT2D eigenvalue weighted by Gasteiger charge is 2.51. The van der Waals surface area contributed by atoms with Gasteiger partial charge in [0, 0.05) is 69.8 Å². The van der Waals surface area contributed by atoms with Gasteiger partial charge in [-0.2, -0.15) is 0 Å². The minimum absolute atomic E-state index is 0.102. The summed E-state index contributed by atoms with van der Waals surface area (Å²) in [6.07, 6.45) is 11.8. The molecule has 8 nitrogen and oxygen atoms in total. The molecule has 2 atom stereocenters. The third kappa shape index (κ3) is 4.56. The van der Waals surface area contributed by atoms with E-state index < -0.39 is 0 Å². The van der Waals surface area contributed by atoms with Crippen LogP contribution in [0.2, 0.25) is 0 Å². The molecular weight excluding hydrogens is 442 g/mol. The van der Waals surface area contributed by atoms with E-state index in [0.717, 1.165) is 44.2 Å². The van der Waals surface area contributed by atoms with E-state index in [4.69, 9.17) is 4.74 Å². The number of aromatic nitrogens is 3. The van der Waals surface area contributed by atoms with Crippen LogP contribution in [0.3, 0.4) is 0 Å². The summed E-state index contributed by atoms with van der Waals surface area (Å²) >= 11 is 0. The second kappa shape index (κ2) is 9.64. The van der Waals surface area contributed by atoms with Crippen molar-refractivity contribution in [1.82, 2.24) is 24.3 Å². The fourth-order valence-corrected chi connectivity index (χ4v) is 6.24. The van der Waals surface area contributed by atoms with Crippen LogP contribution in [0.25, 0.3) is 0 Å². The smallest absolute Gasteiger partial charge is 0.256 e. The molecule has 2 bridgehead atoms. The summed E-state index contributed by atoms with van der Waals surface area (Å²) < 4.78 is 9.27. The second-order valence-electron chi connectivity index (χ2n) is 10.8. The summed E-state index contributed by atoms with van der Waals surface area (Å²) in [6, 6.07) is 1.46. The first-order valence-electron chi connectivity index (χ1n) is 12.8. The number of nitrogens with one attached hydrogen (secondary N) is 1. The number of rotatable bonds is 8. The molecule has 3 heterocycles. The van der Waals surface area contributed by atoms with Gasteiger partial charge in [0.2, 0.25) is 0 Å². The Morgan fingerprint density at radius 1 is 1.29 bits per heavy atom. The number of imidazole rings is 1. The Labute approximate surface area is 207 Å². The summed E-state index contributed by atoms with van der Waals surface area (Å²) in [6.45, 7) is 9.30. The summed E-state index contributed by atoms with van der Waals surface area (Å²) in [5.74, 6) is 1.69. The highest BCUT2D eigenvalue weighted by molar-refractivity contribution is 5.98. The highest BCUT2D eigenvalue weighted by atomic mass is 16.5. The lowest BCUT2D eigenvalue weighted by molar-refractivity contribution is -0.0106. The van der Waals surface area contributed by atoms with E-state index in [0.29, 0.717) is 42.2 Å². The molecule has 0 unspecified atom stereocenters. The van der Waals surface area contributed by atoms with E-state index in [-0.39, 0.29) is 11.5 Å². The molecule has 8 heteroatoms. The Hall–Kier alpha value is -2.87. The molecule has 1 fully saturated rings. The third-order valence-electron chi connectivity index (χ3n) is 8.56. The fraction of sp³-hybridized carbons (Fsp3) is 0.593. The molecule has 1 aliphatic heterocycles. The number of carbonyl (C=O) groups excluding carboxylic acids is 1. The maximum Gasteiger partial charge on any atom is 0.256 e. The maximum atomic E-state index is 13.3. The second-order valence-corrected chi connectivity index (χ2v) is 10.8. The van der Waals surface area contributed by atoms with Gasteiger partial charge in [-0.3, -0.25) is 14.5 Å². The van der Waals surface area contributed by atoms with Gasteiger partial charge in [-0.25, -0.2) is 4.98 Å². The normalized spacial score (nSPS) is 23.0. The molecule has 2 aromatic heterocycles. The lowest BCUT2D eigenvalue weighted by Crippen LogP contribution is -2.50. The average Bonchev–Trinajstić information content (AvgIpc) is 3.28. The van der Waals surface area contributed by atoms with Gasteiger partial charge in [-0.05, 0) is 36.5 Å². The number of ether oxygens (including phenoxy) is 1. The molecular formula is C27H37N5O3. The minimum Gasteiger partial charge on any atom is -0.496 e. The standard InChI is InChI=1S/C27H37N5O3/c1-27(2)20-6-5-19(21(27)15-20)17-30-11-7-22-25(23(35-3)16-24(33)32(22)14-13-30)26(34)29-8-4-10-31-12-9-28-18-31/h5,9,12,16,18,20-21H,4,6-8,10-11,13-15,17H2,1-3H3,(H,29,34)/t20-,21-/m0/s1. The van der Waals surface area contributed by atoms with Crippen molar-refractivity contribution in [2.45, 2.75) is 52.6 Å². The highest BCUT2D eigenvalue weighted by Crippen LogP contribution is 2.59. The first-order chi connectivity index (χ1) is 16.9. The first kappa shape index (κ1) is 23.9. The summed E-state index contributed by atoms with van der Waals surface area (Å²) in [4.78, 5) is 32.7. The average molecular weight is 480 g/mol. The van der Waals surface area contributed by atoms with Gasteiger partial charge in [0.25, 0.3) is 11.5 Å². The van der Waals surface area contributed by atoms with E-state index in [1.165, 1.54) is 26.0 Å². The molecule has 0 radical (unpaired) electrons. The number of hydrogen-bond acceptors (Lipinski definition) is 5. The van der Waals surface area contributed by atoms with Gasteiger partial charge in [-0.1, -0.05) is 25.5 Å². The number of amides is 1. The molecule has 2 aromatic rings. The molecule has 4 aliphatic rings. The lowest BCUT2D eigenvalue weighted by atomic mass is 9.49. The quantitative estimate of drug-likeness (QED) is 0.465. The van der Waals surface area contributed by atoms with E-state index >= 15 is 0 Å². The molecule has 3 aliphatic carbocycles. The number of allylic oxidation sites excluding steroid dienone is 1. The van der Waals surface area contributed by atoms with Crippen molar-refractivity contribution in [3.8, 4) is 5.75 Å².